The first-order chi connectivity index (χ1) is 11.2. The zero-order valence-corrected chi connectivity index (χ0v) is 14.5. The van der Waals surface area contributed by atoms with Gasteiger partial charge in [-0.1, -0.05) is 18.2 Å². The number of ether oxygens (including phenoxy) is 1. The fraction of sp³-hybridized carbons (Fsp3) is 0.333. The lowest BCUT2D eigenvalue weighted by Crippen LogP contribution is -2.42. The monoisotopic (exact) mass is 353 g/mol. The standard InChI is InChI=1S/C15H19N3O5S/c1-16-11-13(14(19)18(3)15(16)20)24(21,22)17(2)9-10-23-12-7-5-4-6-8-12/h4-8,11H,9-10H2,1-3H3. The highest BCUT2D eigenvalue weighted by Gasteiger charge is 2.26. The maximum atomic E-state index is 12.6. The first-order valence-corrected chi connectivity index (χ1v) is 8.60. The molecule has 0 N–H and O–H groups in total. The Morgan fingerprint density at radius 1 is 1.12 bits per heavy atom. The van der Waals surface area contributed by atoms with Gasteiger partial charge in [-0.25, -0.2) is 13.2 Å². The summed E-state index contributed by atoms with van der Waals surface area (Å²) in [7, 11) is -0.0437. The SMILES string of the molecule is CN(CCOc1ccccc1)S(=O)(=O)c1cn(C)c(=O)n(C)c1=O. The molecule has 1 heterocycles. The second-order valence-electron chi connectivity index (χ2n) is 5.24. The van der Waals surface area contributed by atoms with Crippen LogP contribution in [0.25, 0.3) is 0 Å². The van der Waals surface area contributed by atoms with Crippen LogP contribution in [0.2, 0.25) is 0 Å². The Morgan fingerprint density at radius 3 is 2.38 bits per heavy atom. The molecule has 0 unspecified atom stereocenters. The number of aryl methyl sites for hydroxylation is 1. The van der Waals surface area contributed by atoms with E-state index >= 15 is 0 Å². The van der Waals surface area contributed by atoms with Gasteiger partial charge in [0.25, 0.3) is 5.56 Å². The summed E-state index contributed by atoms with van der Waals surface area (Å²) in [6.45, 7) is 0.190. The van der Waals surface area contributed by atoms with Gasteiger partial charge in [0.1, 0.15) is 12.4 Å². The predicted molar refractivity (Wildman–Crippen MR) is 88.7 cm³/mol. The number of likely N-dealkylation sites (N-methyl/N-ethyl adjacent to an activating group) is 1. The number of para-hydroxylation sites is 1. The molecule has 0 atom stereocenters. The van der Waals surface area contributed by atoms with Crippen LogP contribution in [0.5, 0.6) is 5.75 Å². The lowest BCUT2D eigenvalue weighted by Gasteiger charge is -2.17. The molecule has 24 heavy (non-hydrogen) atoms. The third kappa shape index (κ3) is 3.57. The Balaban J connectivity index is 2.18. The second-order valence-corrected chi connectivity index (χ2v) is 7.25. The number of hydrogen-bond acceptors (Lipinski definition) is 5. The van der Waals surface area contributed by atoms with Gasteiger partial charge in [0.2, 0.25) is 10.0 Å². The van der Waals surface area contributed by atoms with E-state index in [9.17, 15) is 18.0 Å². The van der Waals surface area contributed by atoms with Gasteiger partial charge in [0.15, 0.2) is 4.90 Å². The first kappa shape index (κ1) is 18.0. The fourth-order valence-electron chi connectivity index (χ4n) is 2.05. The molecule has 1 aromatic carbocycles. The molecule has 2 aromatic rings. The summed E-state index contributed by atoms with van der Waals surface area (Å²) in [4.78, 5) is 23.3. The van der Waals surface area contributed by atoms with Crippen LogP contribution in [0.4, 0.5) is 0 Å². The van der Waals surface area contributed by atoms with E-state index in [1.165, 1.54) is 21.1 Å². The van der Waals surface area contributed by atoms with Crippen molar-refractivity contribution in [1.82, 2.24) is 13.4 Å². The first-order valence-electron chi connectivity index (χ1n) is 7.16. The van der Waals surface area contributed by atoms with E-state index in [0.717, 1.165) is 19.6 Å². The van der Waals surface area contributed by atoms with E-state index in [4.69, 9.17) is 4.74 Å². The number of aromatic nitrogens is 2. The van der Waals surface area contributed by atoms with E-state index in [1.807, 2.05) is 18.2 Å². The third-order valence-corrected chi connectivity index (χ3v) is 5.36. The molecule has 0 amide bonds. The van der Waals surface area contributed by atoms with Crippen LogP contribution in [0.1, 0.15) is 0 Å². The molecule has 130 valence electrons. The van der Waals surface area contributed by atoms with E-state index < -0.39 is 26.2 Å². The minimum atomic E-state index is -4.03. The number of rotatable bonds is 6. The molecule has 0 aliphatic rings. The smallest absolute Gasteiger partial charge is 0.330 e. The lowest BCUT2D eigenvalue weighted by molar-refractivity contribution is 0.286. The maximum absolute atomic E-state index is 12.6. The van der Waals surface area contributed by atoms with Gasteiger partial charge in [0.05, 0.1) is 0 Å². The molecule has 8 nitrogen and oxygen atoms in total. The third-order valence-electron chi connectivity index (χ3n) is 3.52. The average Bonchev–Trinajstić information content (AvgIpc) is 2.56. The van der Waals surface area contributed by atoms with Crippen molar-refractivity contribution >= 4 is 10.0 Å². The number of nitrogens with zero attached hydrogens (tertiary/aromatic N) is 3. The molecule has 2 rings (SSSR count). The van der Waals surface area contributed by atoms with E-state index in [-0.39, 0.29) is 13.2 Å². The van der Waals surface area contributed by atoms with Crippen LogP contribution in [0.3, 0.4) is 0 Å². The quantitative estimate of drug-likeness (QED) is 0.716. The molecule has 0 saturated heterocycles. The largest absolute Gasteiger partial charge is 0.492 e. The van der Waals surface area contributed by atoms with Crippen molar-refractivity contribution in [3.8, 4) is 5.75 Å². The summed E-state index contributed by atoms with van der Waals surface area (Å²) in [5, 5.41) is 0. The minimum Gasteiger partial charge on any atom is -0.492 e. The van der Waals surface area contributed by atoms with Crippen molar-refractivity contribution in [2.45, 2.75) is 4.90 Å². The molecule has 0 spiro atoms. The Labute approximate surface area is 139 Å². The van der Waals surface area contributed by atoms with Crippen molar-refractivity contribution in [1.29, 1.82) is 0 Å². The van der Waals surface area contributed by atoms with Crippen LogP contribution < -0.4 is 16.0 Å². The Hall–Kier alpha value is -2.39. The predicted octanol–water partition coefficient (Wildman–Crippen LogP) is -0.216. The Bertz CT molecular complexity index is 932. The lowest BCUT2D eigenvalue weighted by atomic mass is 10.3. The highest BCUT2D eigenvalue weighted by atomic mass is 32.2. The van der Waals surface area contributed by atoms with E-state index in [1.54, 1.807) is 12.1 Å². The maximum Gasteiger partial charge on any atom is 0.330 e. The van der Waals surface area contributed by atoms with E-state index in [0.29, 0.717) is 5.75 Å². The van der Waals surface area contributed by atoms with Gasteiger partial charge in [-0.05, 0) is 12.1 Å². The molecule has 0 fully saturated rings. The zero-order chi connectivity index (χ0) is 17.9. The van der Waals surface area contributed by atoms with Crippen molar-refractivity contribution < 1.29 is 13.2 Å². The fourth-order valence-corrected chi connectivity index (χ4v) is 3.35. The molecule has 9 heteroatoms. The molecule has 0 aliphatic heterocycles. The highest BCUT2D eigenvalue weighted by molar-refractivity contribution is 7.89. The van der Waals surface area contributed by atoms with Crippen LogP contribution in [0, 0.1) is 0 Å². The van der Waals surface area contributed by atoms with Crippen LogP contribution >= 0.6 is 0 Å². The normalized spacial score (nSPS) is 11.7. The Morgan fingerprint density at radius 2 is 1.75 bits per heavy atom. The molecular formula is C15H19N3O5S. The van der Waals surface area contributed by atoms with Crippen LogP contribution in [-0.2, 0) is 24.1 Å². The summed E-state index contributed by atoms with van der Waals surface area (Å²) in [5.41, 5.74) is -1.44. The summed E-state index contributed by atoms with van der Waals surface area (Å²) in [5.74, 6) is 0.626. The van der Waals surface area contributed by atoms with Gasteiger partial charge >= 0.3 is 5.69 Å². The number of sulfonamides is 1. The zero-order valence-electron chi connectivity index (χ0n) is 13.7. The van der Waals surface area contributed by atoms with Crippen LogP contribution in [0.15, 0.2) is 51.0 Å². The molecule has 0 saturated carbocycles. The summed E-state index contributed by atoms with van der Waals surface area (Å²) < 4.78 is 33.4. The van der Waals surface area contributed by atoms with Crippen molar-refractivity contribution in [3.63, 3.8) is 0 Å². The van der Waals surface area contributed by atoms with Crippen molar-refractivity contribution in [3.05, 3.63) is 57.4 Å². The number of hydrogen-bond donors (Lipinski definition) is 0. The minimum absolute atomic E-state index is 0.0588. The van der Waals surface area contributed by atoms with Gasteiger partial charge in [-0.3, -0.25) is 9.36 Å². The topological polar surface area (TPSA) is 90.6 Å². The number of benzene rings is 1. The molecule has 0 bridgehead atoms. The van der Waals surface area contributed by atoms with Gasteiger partial charge in [-0.2, -0.15) is 4.31 Å². The molecule has 1 aromatic heterocycles. The molecule has 0 aliphatic carbocycles. The van der Waals surface area contributed by atoms with Gasteiger partial charge in [0, 0.05) is 33.9 Å². The molecule has 0 radical (unpaired) electrons. The average molecular weight is 353 g/mol. The summed E-state index contributed by atoms with van der Waals surface area (Å²) in [6, 6.07) is 8.99. The van der Waals surface area contributed by atoms with Crippen LogP contribution in [-0.4, -0.2) is 42.1 Å². The van der Waals surface area contributed by atoms with Crippen molar-refractivity contribution in [2.24, 2.45) is 14.1 Å². The summed E-state index contributed by atoms with van der Waals surface area (Å²) in [6.07, 6.45) is 1.04. The highest BCUT2D eigenvalue weighted by Crippen LogP contribution is 2.10. The Kier molecular flexibility index (Phi) is 5.25. The van der Waals surface area contributed by atoms with Gasteiger partial charge in [-0.15, -0.1) is 0 Å². The van der Waals surface area contributed by atoms with Crippen molar-refractivity contribution in [2.75, 3.05) is 20.2 Å². The van der Waals surface area contributed by atoms with Gasteiger partial charge < -0.3 is 9.30 Å². The van der Waals surface area contributed by atoms with E-state index in [2.05, 4.69) is 0 Å². The molecular weight excluding hydrogens is 334 g/mol. The summed E-state index contributed by atoms with van der Waals surface area (Å²) >= 11 is 0. The second kappa shape index (κ2) is 7.02.